The zero-order valence-electron chi connectivity index (χ0n) is 26.8. The number of fused-ring (bicyclic) bond motifs is 3. The van der Waals surface area contributed by atoms with Crippen LogP contribution in [0.25, 0.3) is 32.8 Å². The summed E-state index contributed by atoms with van der Waals surface area (Å²) in [5, 5.41) is 23.3. The van der Waals surface area contributed by atoms with Crippen molar-refractivity contribution in [2.45, 2.75) is 64.0 Å². The van der Waals surface area contributed by atoms with Crippen LogP contribution >= 0.6 is 0 Å². The lowest BCUT2D eigenvalue weighted by Crippen LogP contribution is -2.50. The lowest BCUT2D eigenvalue weighted by Gasteiger charge is -2.44. The molecule has 1 aromatic heterocycles. The molecule has 2 aliphatic heterocycles. The molecule has 0 radical (unpaired) electrons. The minimum Gasteiger partial charge on any atom is -0.508 e. The third kappa shape index (κ3) is 5.44. The predicted octanol–water partition coefficient (Wildman–Crippen LogP) is 6.23. The first kappa shape index (κ1) is 31.0. The molecular weight excluding hydrogens is 590 g/mol. The third-order valence-electron chi connectivity index (χ3n) is 10.4. The Bertz CT molecular complexity index is 1800. The summed E-state index contributed by atoms with van der Waals surface area (Å²) >= 11 is 0. The Kier molecular flexibility index (Phi) is 8.02. The van der Waals surface area contributed by atoms with Crippen molar-refractivity contribution in [2.75, 3.05) is 51.4 Å². The SMILES string of the molecule is CCc1c(F)ccc2cc(O)cc(-c3ccc4c(N5CCOCC(C)(O)C5)nc(OCC56CCCC5N(C)CCC6)nc4c3F)c12. The third-order valence-corrected chi connectivity index (χ3v) is 10.4. The van der Waals surface area contributed by atoms with Crippen LogP contribution in [0.5, 0.6) is 11.8 Å². The van der Waals surface area contributed by atoms with Crippen LogP contribution in [0.15, 0.2) is 36.4 Å². The zero-order chi connectivity index (χ0) is 32.2. The van der Waals surface area contributed by atoms with Crippen molar-refractivity contribution < 1.29 is 28.5 Å². The van der Waals surface area contributed by atoms with Crippen molar-refractivity contribution in [1.29, 1.82) is 0 Å². The standard InChI is InChI=1S/C36H42F2N4O4/c1-4-24-28(37)11-8-22-17-23(43)18-27(30(22)24)25-9-10-26-32(31(25)38)39-34(40-33(26)42-15-16-45-20-35(2,44)19-42)46-21-36-12-5-7-29(36)41(3)14-6-13-36/h8-11,17-18,29,43-44H,4-7,12-16,19-21H2,1-3H3. The van der Waals surface area contributed by atoms with Crippen LogP contribution in [-0.2, 0) is 11.2 Å². The van der Waals surface area contributed by atoms with E-state index in [0.717, 1.165) is 38.6 Å². The Morgan fingerprint density at radius 2 is 1.89 bits per heavy atom. The number of phenolic OH excluding ortho intramolecular Hbond substituents is 1. The van der Waals surface area contributed by atoms with Gasteiger partial charge >= 0.3 is 6.01 Å². The van der Waals surface area contributed by atoms with Gasteiger partial charge in [-0.05, 0) is 98.8 Å². The van der Waals surface area contributed by atoms with E-state index in [9.17, 15) is 14.6 Å². The van der Waals surface area contributed by atoms with Gasteiger partial charge < -0.3 is 29.5 Å². The van der Waals surface area contributed by atoms with Crippen LogP contribution in [0.2, 0.25) is 0 Å². The van der Waals surface area contributed by atoms with Crippen LogP contribution in [0.4, 0.5) is 14.6 Å². The predicted molar refractivity (Wildman–Crippen MR) is 175 cm³/mol. The van der Waals surface area contributed by atoms with Crippen molar-refractivity contribution in [2.24, 2.45) is 5.41 Å². The Balaban J connectivity index is 1.38. The number of ether oxygens (including phenoxy) is 2. The molecule has 4 aromatic rings. The minimum absolute atomic E-state index is 0.00685. The molecule has 3 fully saturated rings. The Morgan fingerprint density at radius 1 is 1.07 bits per heavy atom. The number of β-amino-alcohol motifs (C(OH)–C–C–N with tert-alkyl or cyclic N) is 1. The van der Waals surface area contributed by atoms with Gasteiger partial charge in [0, 0.05) is 29.0 Å². The Hall–Kier alpha value is -3.60. The van der Waals surface area contributed by atoms with Gasteiger partial charge in [0.15, 0.2) is 5.82 Å². The molecule has 8 nitrogen and oxygen atoms in total. The van der Waals surface area contributed by atoms with E-state index >= 15 is 4.39 Å². The number of likely N-dealkylation sites (tertiary alicyclic amines) is 1. The first-order valence-corrected chi connectivity index (χ1v) is 16.4. The number of aromatic hydroxyl groups is 1. The van der Waals surface area contributed by atoms with E-state index in [-0.39, 0.29) is 47.2 Å². The number of phenols is 1. The molecule has 2 N–H and O–H groups in total. The van der Waals surface area contributed by atoms with E-state index in [1.54, 1.807) is 31.2 Å². The highest BCUT2D eigenvalue weighted by molar-refractivity contribution is 6.03. The summed E-state index contributed by atoms with van der Waals surface area (Å²) in [5.74, 6) is -0.579. The summed E-state index contributed by atoms with van der Waals surface area (Å²) in [6.45, 7) is 6.29. The molecule has 1 saturated carbocycles. The van der Waals surface area contributed by atoms with E-state index in [2.05, 4.69) is 16.9 Å². The average molecular weight is 633 g/mol. The molecule has 3 atom stereocenters. The molecule has 7 rings (SSSR count). The molecule has 244 valence electrons. The van der Waals surface area contributed by atoms with Crippen molar-refractivity contribution in [3.05, 3.63) is 53.6 Å². The number of hydrogen-bond donors (Lipinski definition) is 2. The number of aliphatic hydroxyl groups is 1. The lowest BCUT2D eigenvalue weighted by atomic mass is 9.76. The van der Waals surface area contributed by atoms with Gasteiger partial charge in [0.05, 0.1) is 26.4 Å². The topological polar surface area (TPSA) is 91.2 Å². The molecule has 1 aliphatic carbocycles. The number of hydrogen-bond acceptors (Lipinski definition) is 8. The monoisotopic (exact) mass is 632 g/mol. The first-order valence-electron chi connectivity index (χ1n) is 16.4. The normalized spacial score (nSPS) is 25.6. The fraction of sp³-hybridized carbons (Fsp3) is 0.500. The van der Waals surface area contributed by atoms with Gasteiger partial charge in [-0.3, -0.25) is 0 Å². The minimum atomic E-state index is -1.14. The molecule has 0 spiro atoms. The van der Waals surface area contributed by atoms with E-state index in [1.807, 2.05) is 11.8 Å². The maximum Gasteiger partial charge on any atom is 0.319 e. The average Bonchev–Trinajstić information content (AvgIpc) is 3.38. The molecule has 46 heavy (non-hydrogen) atoms. The summed E-state index contributed by atoms with van der Waals surface area (Å²) in [6, 6.07) is 9.92. The summed E-state index contributed by atoms with van der Waals surface area (Å²) < 4.78 is 44.1. The summed E-state index contributed by atoms with van der Waals surface area (Å²) in [5.41, 5.74) is -0.0516. The van der Waals surface area contributed by atoms with E-state index in [4.69, 9.17) is 14.5 Å². The second-order valence-electron chi connectivity index (χ2n) is 13.7. The maximum absolute atomic E-state index is 16.9. The summed E-state index contributed by atoms with van der Waals surface area (Å²) in [6.07, 6.45) is 5.89. The Labute approximate surface area is 268 Å². The molecule has 0 bridgehead atoms. The molecular formula is C36H42F2N4O4. The molecule has 3 heterocycles. The fourth-order valence-corrected chi connectivity index (χ4v) is 8.27. The van der Waals surface area contributed by atoms with Crippen molar-refractivity contribution in [3.8, 4) is 22.9 Å². The highest BCUT2D eigenvalue weighted by Crippen LogP contribution is 2.48. The number of rotatable bonds is 6. The van der Waals surface area contributed by atoms with Gasteiger partial charge in [0.25, 0.3) is 0 Å². The molecule has 10 heteroatoms. The fourth-order valence-electron chi connectivity index (χ4n) is 8.27. The molecule has 0 amide bonds. The van der Waals surface area contributed by atoms with E-state index in [0.29, 0.717) is 65.3 Å². The van der Waals surface area contributed by atoms with Gasteiger partial charge in [-0.15, -0.1) is 0 Å². The van der Waals surface area contributed by atoms with Crippen LogP contribution in [0.3, 0.4) is 0 Å². The van der Waals surface area contributed by atoms with Crippen molar-refractivity contribution in [1.82, 2.24) is 14.9 Å². The van der Waals surface area contributed by atoms with Crippen molar-refractivity contribution in [3.63, 3.8) is 0 Å². The zero-order valence-corrected chi connectivity index (χ0v) is 26.8. The van der Waals surface area contributed by atoms with Gasteiger partial charge in [0.1, 0.15) is 28.5 Å². The smallest absolute Gasteiger partial charge is 0.319 e. The number of aryl methyl sites for hydroxylation is 1. The van der Waals surface area contributed by atoms with Crippen LogP contribution in [0, 0.1) is 17.0 Å². The second-order valence-corrected chi connectivity index (χ2v) is 13.7. The quantitative estimate of drug-likeness (QED) is 0.259. The van der Waals surface area contributed by atoms with Crippen LogP contribution < -0.4 is 9.64 Å². The number of aromatic nitrogens is 2. The summed E-state index contributed by atoms with van der Waals surface area (Å²) in [7, 11) is 2.18. The molecule has 3 aromatic carbocycles. The Morgan fingerprint density at radius 3 is 2.72 bits per heavy atom. The number of halogens is 2. The maximum atomic E-state index is 16.9. The number of nitrogens with zero attached hydrogens (tertiary/aromatic N) is 4. The molecule has 3 unspecified atom stereocenters. The number of anilines is 1. The van der Waals surface area contributed by atoms with Crippen LogP contribution in [0.1, 0.15) is 51.5 Å². The van der Waals surface area contributed by atoms with Gasteiger partial charge in [-0.1, -0.05) is 25.5 Å². The van der Waals surface area contributed by atoms with E-state index < -0.39 is 11.4 Å². The second kappa shape index (κ2) is 11.9. The van der Waals surface area contributed by atoms with Crippen LogP contribution in [-0.4, -0.2) is 83.2 Å². The summed E-state index contributed by atoms with van der Waals surface area (Å²) in [4.78, 5) is 13.9. The molecule has 3 aliphatic rings. The molecule has 2 saturated heterocycles. The largest absolute Gasteiger partial charge is 0.508 e. The van der Waals surface area contributed by atoms with Crippen molar-refractivity contribution >= 4 is 27.5 Å². The number of benzene rings is 3. The highest BCUT2D eigenvalue weighted by atomic mass is 19.1. The highest BCUT2D eigenvalue weighted by Gasteiger charge is 2.47. The first-order chi connectivity index (χ1) is 22.1. The van der Waals surface area contributed by atoms with Gasteiger partial charge in [0.2, 0.25) is 0 Å². The van der Waals surface area contributed by atoms with Gasteiger partial charge in [-0.25, -0.2) is 8.78 Å². The van der Waals surface area contributed by atoms with Gasteiger partial charge in [-0.2, -0.15) is 9.97 Å². The van der Waals surface area contributed by atoms with E-state index in [1.165, 1.54) is 12.1 Å². The lowest BCUT2D eigenvalue weighted by molar-refractivity contribution is -0.0123. The number of piperidine rings is 1.